The van der Waals surface area contributed by atoms with E-state index in [1.165, 1.54) is 0 Å². The van der Waals surface area contributed by atoms with Crippen molar-refractivity contribution in [1.82, 2.24) is 0 Å². The number of ether oxygens (including phenoxy) is 1. The summed E-state index contributed by atoms with van der Waals surface area (Å²) in [5, 5.41) is 9.95. The summed E-state index contributed by atoms with van der Waals surface area (Å²) in [7, 11) is 1.62. The fraction of sp³-hybridized carbons (Fsp3) is 0.385. The molecule has 1 rings (SSSR count). The highest BCUT2D eigenvalue weighted by Gasteiger charge is 2.15. The van der Waals surface area contributed by atoms with Crippen molar-refractivity contribution in [3.8, 4) is 5.75 Å². The number of hydrogen-bond donors (Lipinski definition) is 1. The zero-order valence-electron chi connectivity index (χ0n) is 9.58. The molecular formula is C13H18O2. The number of rotatable bonds is 4. The van der Waals surface area contributed by atoms with Crippen molar-refractivity contribution in [2.75, 3.05) is 7.11 Å². The van der Waals surface area contributed by atoms with Crippen molar-refractivity contribution in [2.24, 2.45) is 0 Å². The van der Waals surface area contributed by atoms with Crippen LogP contribution in [0.4, 0.5) is 0 Å². The molecule has 1 N–H and O–H groups in total. The van der Waals surface area contributed by atoms with E-state index in [9.17, 15) is 5.11 Å². The summed E-state index contributed by atoms with van der Waals surface area (Å²) in [6.07, 6.45) is 1.72. The fourth-order valence-electron chi connectivity index (χ4n) is 1.81. The lowest BCUT2D eigenvalue weighted by Crippen LogP contribution is -2.03. The first-order chi connectivity index (χ1) is 7.10. The fourth-order valence-corrected chi connectivity index (χ4v) is 1.81. The van der Waals surface area contributed by atoms with Crippen molar-refractivity contribution >= 4 is 0 Å². The molecule has 0 heterocycles. The van der Waals surface area contributed by atoms with Gasteiger partial charge in [-0.1, -0.05) is 12.1 Å². The molecule has 2 heteroatoms. The van der Waals surface area contributed by atoms with E-state index in [-0.39, 0.29) is 0 Å². The van der Waals surface area contributed by atoms with Crippen LogP contribution in [-0.4, -0.2) is 12.2 Å². The Bertz CT molecular complexity index is 356. The minimum Gasteiger partial charge on any atom is -0.496 e. The number of methoxy groups -OCH3 is 1. The Morgan fingerprint density at radius 1 is 1.47 bits per heavy atom. The highest BCUT2D eigenvalue weighted by Crippen LogP contribution is 2.31. The van der Waals surface area contributed by atoms with Crippen LogP contribution >= 0.6 is 0 Å². The van der Waals surface area contributed by atoms with E-state index in [0.717, 1.165) is 22.4 Å². The van der Waals surface area contributed by atoms with Gasteiger partial charge in [-0.15, -0.1) is 6.58 Å². The molecule has 1 aromatic carbocycles. The first-order valence-electron chi connectivity index (χ1n) is 5.04. The van der Waals surface area contributed by atoms with Crippen LogP contribution in [0, 0.1) is 13.8 Å². The van der Waals surface area contributed by atoms with Crippen molar-refractivity contribution in [3.05, 3.63) is 41.5 Å². The van der Waals surface area contributed by atoms with Crippen LogP contribution in [0.3, 0.4) is 0 Å². The molecule has 0 saturated heterocycles. The SMILES string of the molecule is C=CCC(O)c1c(C)cc(C)cc1OC. The monoisotopic (exact) mass is 206 g/mol. The molecule has 2 nitrogen and oxygen atoms in total. The van der Waals surface area contributed by atoms with Crippen LogP contribution in [0.2, 0.25) is 0 Å². The standard InChI is InChI=1S/C13H18O2/c1-5-6-11(14)13-10(3)7-9(2)8-12(13)15-4/h5,7-8,11,14H,1,6H2,2-4H3. The number of hydrogen-bond acceptors (Lipinski definition) is 2. The maximum absolute atomic E-state index is 9.95. The summed E-state index contributed by atoms with van der Waals surface area (Å²) < 4.78 is 5.28. The average molecular weight is 206 g/mol. The van der Waals surface area contributed by atoms with E-state index in [2.05, 4.69) is 6.58 Å². The summed E-state index contributed by atoms with van der Waals surface area (Å²) in [6.45, 7) is 7.62. The maximum Gasteiger partial charge on any atom is 0.125 e. The van der Waals surface area contributed by atoms with Crippen LogP contribution in [0.5, 0.6) is 5.75 Å². The van der Waals surface area contributed by atoms with Gasteiger partial charge in [0, 0.05) is 5.56 Å². The Morgan fingerprint density at radius 3 is 2.67 bits per heavy atom. The minimum absolute atomic E-state index is 0.530. The van der Waals surface area contributed by atoms with Gasteiger partial charge in [0.25, 0.3) is 0 Å². The molecular weight excluding hydrogens is 188 g/mol. The van der Waals surface area contributed by atoms with Crippen LogP contribution in [-0.2, 0) is 0 Å². The second kappa shape index (κ2) is 4.99. The molecule has 0 amide bonds. The Kier molecular flexibility index (Phi) is 3.92. The van der Waals surface area contributed by atoms with Crippen molar-refractivity contribution in [1.29, 1.82) is 0 Å². The lowest BCUT2D eigenvalue weighted by Gasteiger charge is -2.17. The van der Waals surface area contributed by atoms with Crippen molar-refractivity contribution < 1.29 is 9.84 Å². The zero-order valence-corrected chi connectivity index (χ0v) is 9.58. The summed E-state index contributed by atoms with van der Waals surface area (Å²) in [4.78, 5) is 0. The first kappa shape index (κ1) is 11.8. The molecule has 0 aromatic heterocycles. The molecule has 15 heavy (non-hydrogen) atoms. The smallest absolute Gasteiger partial charge is 0.125 e. The van der Waals surface area contributed by atoms with Crippen LogP contribution < -0.4 is 4.74 Å². The molecule has 0 radical (unpaired) electrons. The summed E-state index contributed by atoms with van der Waals surface area (Å²) in [6, 6.07) is 3.98. The van der Waals surface area contributed by atoms with Crippen LogP contribution in [0.15, 0.2) is 24.8 Å². The lowest BCUT2D eigenvalue weighted by atomic mass is 9.98. The lowest BCUT2D eigenvalue weighted by molar-refractivity contribution is 0.176. The van der Waals surface area contributed by atoms with Gasteiger partial charge in [0.15, 0.2) is 0 Å². The topological polar surface area (TPSA) is 29.5 Å². The molecule has 0 bridgehead atoms. The molecule has 1 atom stereocenters. The van der Waals surface area contributed by atoms with Gasteiger partial charge < -0.3 is 9.84 Å². The normalized spacial score (nSPS) is 12.3. The van der Waals surface area contributed by atoms with E-state index in [1.54, 1.807) is 13.2 Å². The highest BCUT2D eigenvalue weighted by molar-refractivity contribution is 5.44. The molecule has 0 aliphatic rings. The van der Waals surface area contributed by atoms with Gasteiger partial charge in [0.05, 0.1) is 13.2 Å². The van der Waals surface area contributed by atoms with E-state index < -0.39 is 6.10 Å². The van der Waals surface area contributed by atoms with E-state index in [1.807, 2.05) is 26.0 Å². The summed E-state index contributed by atoms with van der Waals surface area (Å²) in [5.41, 5.74) is 3.06. The minimum atomic E-state index is -0.530. The molecule has 1 unspecified atom stereocenters. The average Bonchev–Trinajstić information content (AvgIpc) is 2.16. The summed E-state index contributed by atoms with van der Waals surface area (Å²) in [5.74, 6) is 0.752. The van der Waals surface area contributed by atoms with Crippen molar-refractivity contribution in [3.63, 3.8) is 0 Å². The van der Waals surface area contributed by atoms with Gasteiger partial charge >= 0.3 is 0 Å². The van der Waals surface area contributed by atoms with Gasteiger partial charge in [-0.25, -0.2) is 0 Å². The molecule has 0 aliphatic carbocycles. The second-order valence-electron chi connectivity index (χ2n) is 3.74. The second-order valence-corrected chi connectivity index (χ2v) is 3.74. The quantitative estimate of drug-likeness (QED) is 0.767. The number of aliphatic hydroxyl groups excluding tert-OH is 1. The molecule has 82 valence electrons. The van der Waals surface area contributed by atoms with E-state index >= 15 is 0 Å². The highest BCUT2D eigenvalue weighted by atomic mass is 16.5. The van der Waals surface area contributed by atoms with Gasteiger partial charge in [0.2, 0.25) is 0 Å². The molecule has 1 aromatic rings. The van der Waals surface area contributed by atoms with Gasteiger partial charge in [-0.2, -0.15) is 0 Å². The van der Waals surface area contributed by atoms with Crippen LogP contribution in [0.1, 0.15) is 29.2 Å². The van der Waals surface area contributed by atoms with Gasteiger partial charge in [0.1, 0.15) is 5.75 Å². The molecule has 0 saturated carbocycles. The Labute approximate surface area is 91.2 Å². The van der Waals surface area contributed by atoms with Crippen molar-refractivity contribution in [2.45, 2.75) is 26.4 Å². The van der Waals surface area contributed by atoms with Gasteiger partial charge in [-0.05, 0) is 37.5 Å². The maximum atomic E-state index is 9.95. The predicted molar refractivity (Wildman–Crippen MR) is 62.2 cm³/mol. The largest absolute Gasteiger partial charge is 0.496 e. The summed E-state index contributed by atoms with van der Waals surface area (Å²) >= 11 is 0. The molecule has 0 aliphatic heterocycles. The van der Waals surface area contributed by atoms with E-state index in [4.69, 9.17) is 4.74 Å². The Morgan fingerprint density at radius 2 is 2.13 bits per heavy atom. The van der Waals surface area contributed by atoms with Crippen LogP contribution in [0.25, 0.3) is 0 Å². The Balaban J connectivity index is 3.19. The zero-order chi connectivity index (χ0) is 11.4. The van der Waals surface area contributed by atoms with Gasteiger partial charge in [-0.3, -0.25) is 0 Å². The third-order valence-electron chi connectivity index (χ3n) is 2.44. The number of aliphatic hydroxyl groups is 1. The third kappa shape index (κ3) is 2.60. The number of aryl methyl sites for hydroxylation is 2. The molecule has 0 fully saturated rings. The Hall–Kier alpha value is -1.28. The first-order valence-corrected chi connectivity index (χ1v) is 5.04. The predicted octanol–water partition coefficient (Wildman–Crippen LogP) is 2.92. The van der Waals surface area contributed by atoms with E-state index in [0.29, 0.717) is 6.42 Å². The third-order valence-corrected chi connectivity index (χ3v) is 2.44. The number of benzene rings is 1. The molecule has 0 spiro atoms.